The molecule has 1 aromatic carbocycles. The van der Waals surface area contributed by atoms with Crippen LogP contribution in [0.3, 0.4) is 0 Å². The van der Waals surface area contributed by atoms with E-state index < -0.39 is 0 Å². The van der Waals surface area contributed by atoms with E-state index in [1.165, 1.54) is 37.8 Å². The second kappa shape index (κ2) is 15.8. The minimum Gasteiger partial charge on any atom is -0.376 e. The number of amides is 2. The van der Waals surface area contributed by atoms with Crippen molar-refractivity contribution in [1.82, 2.24) is 9.80 Å². The van der Waals surface area contributed by atoms with Crippen molar-refractivity contribution in [3.05, 3.63) is 58.0 Å². The van der Waals surface area contributed by atoms with Gasteiger partial charge in [0.05, 0.1) is 19.2 Å². The summed E-state index contributed by atoms with van der Waals surface area (Å²) in [5, 5.41) is 1.99. The molecule has 0 spiro atoms. The van der Waals surface area contributed by atoms with Gasteiger partial charge in [0.1, 0.15) is 5.82 Å². The summed E-state index contributed by atoms with van der Waals surface area (Å²) in [5.41, 5.74) is 0.862. The predicted molar refractivity (Wildman–Crippen MR) is 143 cm³/mol. The lowest BCUT2D eigenvalue weighted by atomic mass is 10.1. The quantitative estimate of drug-likeness (QED) is 0.237. The molecule has 198 valence electrons. The molecule has 0 saturated carbocycles. The van der Waals surface area contributed by atoms with Crippen molar-refractivity contribution in [1.29, 1.82) is 0 Å². The monoisotopic (exact) mass is 516 g/mol. The Morgan fingerprint density at radius 2 is 1.72 bits per heavy atom. The molecule has 3 rings (SSSR count). The average molecular weight is 517 g/mol. The first kappa shape index (κ1) is 28.3. The number of halogens is 1. The average Bonchev–Trinajstić information content (AvgIpc) is 3.58. The summed E-state index contributed by atoms with van der Waals surface area (Å²) < 4.78 is 19.2. The number of hydrogen-bond acceptors (Lipinski definition) is 4. The fourth-order valence-electron chi connectivity index (χ4n) is 4.58. The topological polar surface area (TPSA) is 49.9 Å². The lowest BCUT2D eigenvalue weighted by molar-refractivity contribution is -0.142. The fraction of sp³-hybridized carbons (Fsp3) is 0.586. The molecular formula is C29H41FN2O3S. The number of benzene rings is 1. The lowest BCUT2D eigenvalue weighted by Crippen LogP contribution is -2.45. The number of nitrogens with zero attached hydrogens (tertiary/aromatic N) is 2. The maximum atomic E-state index is 13.5. The van der Waals surface area contributed by atoms with E-state index in [-0.39, 0.29) is 30.3 Å². The van der Waals surface area contributed by atoms with Crippen molar-refractivity contribution in [2.45, 2.75) is 90.3 Å². The molecule has 1 aromatic heterocycles. The van der Waals surface area contributed by atoms with Crippen LogP contribution >= 0.6 is 11.3 Å². The molecule has 0 bridgehead atoms. The van der Waals surface area contributed by atoms with Crippen LogP contribution in [0, 0.1) is 5.82 Å². The Morgan fingerprint density at radius 3 is 2.39 bits per heavy atom. The second-order valence-corrected chi connectivity index (χ2v) is 10.8. The zero-order chi connectivity index (χ0) is 25.6. The van der Waals surface area contributed by atoms with Crippen LogP contribution in [0.25, 0.3) is 0 Å². The molecule has 0 unspecified atom stereocenters. The normalized spacial score (nSPS) is 15.2. The van der Waals surface area contributed by atoms with Gasteiger partial charge < -0.3 is 14.5 Å². The number of ether oxygens (including phenoxy) is 1. The molecule has 7 heteroatoms. The highest BCUT2D eigenvalue weighted by Crippen LogP contribution is 2.18. The summed E-state index contributed by atoms with van der Waals surface area (Å²) in [6.07, 6.45) is 10.4. The molecule has 1 aliphatic heterocycles. The number of hydrogen-bond donors (Lipinski definition) is 0. The fourth-order valence-corrected chi connectivity index (χ4v) is 5.30. The third-order valence-electron chi connectivity index (χ3n) is 6.69. The third-order valence-corrected chi connectivity index (χ3v) is 7.55. The van der Waals surface area contributed by atoms with Gasteiger partial charge in [0.15, 0.2) is 0 Å². The zero-order valence-corrected chi connectivity index (χ0v) is 22.4. The Labute approximate surface area is 219 Å². The van der Waals surface area contributed by atoms with E-state index in [1.54, 1.807) is 33.3 Å². The van der Waals surface area contributed by atoms with E-state index in [9.17, 15) is 14.0 Å². The number of carbonyl (C=O) groups is 2. The predicted octanol–water partition coefficient (Wildman–Crippen LogP) is 6.56. The largest absolute Gasteiger partial charge is 0.376 e. The third kappa shape index (κ3) is 10.0. The summed E-state index contributed by atoms with van der Waals surface area (Å²) in [6, 6.07) is 10.2. The van der Waals surface area contributed by atoms with Gasteiger partial charge in [-0.2, -0.15) is 0 Å². The first-order valence-electron chi connectivity index (χ1n) is 13.5. The van der Waals surface area contributed by atoms with Gasteiger partial charge in [-0.1, -0.05) is 63.6 Å². The first-order valence-corrected chi connectivity index (χ1v) is 14.4. The SMILES string of the molecule is CCCCCCCCCC(=O)N(CC(=O)N(Cc1ccc(F)cc1)Cc1cccs1)C[C@@H]1CCCO1. The van der Waals surface area contributed by atoms with Crippen LogP contribution in [0.2, 0.25) is 0 Å². The van der Waals surface area contributed by atoms with E-state index in [0.29, 0.717) is 32.7 Å². The molecule has 1 fully saturated rings. The van der Waals surface area contributed by atoms with Gasteiger partial charge in [-0.05, 0) is 48.4 Å². The van der Waals surface area contributed by atoms with Crippen LogP contribution in [-0.2, 0) is 27.4 Å². The van der Waals surface area contributed by atoms with E-state index >= 15 is 0 Å². The maximum absolute atomic E-state index is 13.5. The summed E-state index contributed by atoms with van der Waals surface area (Å²) in [4.78, 5) is 31.3. The number of unbranched alkanes of at least 4 members (excludes halogenated alkanes) is 6. The molecule has 1 saturated heterocycles. The molecule has 5 nitrogen and oxygen atoms in total. The highest BCUT2D eigenvalue weighted by atomic mass is 32.1. The molecule has 0 N–H and O–H groups in total. The number of carbonyl (C=O) groups excluding carboxylic acids is 2. The van der Waals surface area contributed by atoms with Crippen LogP contribution in [-0.4, -0.2) is 47.4 Å². The Balaban J connectivity index is 1.61. The van der Waals surface area contributed by atoms with Gasteiger partial charge in [0.25, 0.3) is 0 Å². The van der Waals surface area contributed by atoms with Crippen molar-refractivity contribution in [2.24, 2.45) is 0 Å². The zero-order valence-electron chi connectivity index (χ0n) is 21.6. The summed E-state index contributed by atoms with van der Waals surface area (Å²) >= 11 is 1.60. The van der Waals surface area contributed by atoms with Crippen LogP contribution in [0.4, 0.5) is 4.39 Å². The Kier molecular flexibility index (Phi) is 12.4. The van der Waals surface area contributed by atoms with Crippen molar-refractivity contribution < 1.29 is 18.7 Å². The Bertz CT molecular complexity index is 898. The van der Waals surface area contributed by atoms with Crippen LogP contribution in [0.5, 0.6) is 0 Å². The molecule has 36 heavy (non-hydrogen) atoms. The minimum absolute atomic E-state index is 0.00126. The van der Waals surface area contributed by atoms with E-state index in [4.69, 9.17) is 4.74 Å². The molecule has 2 amide bonds. The molecular weight excluding hydrogens is 475 g/mol. The van der Waals surface area contributed by atoms with Crippen molar-refractivity contribution in [3.8, 4) is 0 Å². The lowest BCUT2D eigenvalue weighted by Gasteiger charge is -2.29. The van der Waals surface area contributed by atoms with Gasteiger partial charge in [-0.25, -0.2) is 4.39 Å². The first-order chi connectivity index (χ1) is 17.5. The molecule has 1 aliphatic rings. The van der Waals surface area contributed by atoms with Crippen molar-refractivity contribution in [2.75, 3.05) is 19.7 Å². The molecule has 0 radical (unpaired) electrons. The minimum atomic E-state index is -0.298. The molecule has 2 aromatic rings. The summed E-state index contributed by atoms with van der Waals surface area (Å²) in [5.74, 6) is -0.363. The highest BCUT2D eigenvalue weighted by Gasteiger charge is 2.26. The van der Waals surface area contributed by atoms with Gasteiger partial charge in [0, 0.05) is 31.0 Å². The van der Waals surface area contributed by atoms with Crippen LogP contribution < -0.4 is 0 Å². The van der Waals surface area contributed by atoms with Crippen molar-refractivity contribution >= 4 is 23.2 Å². The van der Waals surface area contributed by atoms with Crippen LogP contribution in [0.1, 0.15) is 81.6 Å². The van der Waals surface area contributed by atoms with Gasteiger partial charge in [-0.15, -0.1) is 11.3 Å². The van der Waals surface area contributed by atoms with E-state index in [1.807, 2.05) is 17.5 Å². The van der Waals surface area contributed by atoms with Crippen molar-refractivity contribution in [3.63, 3.8) is 0 Å². The standard InChI is InChI=1S/C29H41FN2O3S/c1-2-3-4-5-6-7-8-13-28(33)32(21-26-11-9-18-35-26)23-29(34)31(22-27-12-10-19-36-27)20-24-14-16-25(30)17-15-24/h10,12,14-17,19,26H,2-9,11,13,18,20-23H2,1H3/t26-/m0/s1. The van der Waals surface area contributed by atoms with Crippen LogP contribution in [0.15, 0.2) is 41.8 Å². The van der Waals surface area contributed by atoms with E-state index in [2.05, 4.69) is 6.92 Å². The Hall–Kier alpha value is -2.25. The smallest absolute Gasteiger partial charge is 0.242 e. The highest BCUT2D eigenvalue weighted by molar-refractivity contribution is 7.09. The Morgan fingerprint density at radius 1 is 0.972 bits per heavy atom. The van der Waals surface area contributed by atoms with E-state index in [0.717, 1.165) is 42.5 Å². The van der Waals surface area contributed by atoms with Gasteiger partial charge in [0.2, 0.25) is 11.8 Å². The number of thiophene rings is 1. The summed E-state index contributed by atoms with van der Waals surface area (Å²) in [6.45, 7) is 4.27. The maximum Gasteiger partial charge on any atom is 0.242 e. The van der Waals surface area contributed by atoms with Gasteiger partial charge >= 0.3 is 0 Å². The van der Waals surface area contributed by atoms with Gasteiger partial charge in [-0.3, -0.25) is 9.59 Å². The molecule has 2 heterocycles. The molecule has 1 atom stereocenters. The summed E-state index contributed by atoms with van der Waals surface area (Å²) in [7, 11) is 0. The second-order valence-electron chi connectivity index (χ2n) is 9.74. The number of rotatable bonds is 16. The molecule has 0 aliphatic carbocycles.